The van der Waals surface area contributed by atoms with Gasteiger partial charge in [0.05, 0.1) is 27.2 Å². The fourth-order valence-electron chi connectivity index (χ4n) is 2.86. The van der Waals surface area contributed by atoms with Crippen LogP contribution in [0.25, 0.3) is 22.4 Å². The molecule has 0 N–H and O–H groups in total. The molecule has 5 aromatic rings. The van der Waals surface area contributed by atoms with Crippen LogP contribution in [0.15, 0.2) is 78.6 Å². The number of furan rings is 1. The summed E-state index contributed by atoms with van der Waals surface area (Å²) in [7, 11) is 0. The highest BCUT2D eigenvalue weighted by Gasteiger charge is 2.18. The van der Waals surface area contributed by atoms with Crippen molar-refractivity contribution in [1.29, 1.82) is 0 Å². The van der Waals surface area contributed by atoms with Gasteiger partial charge >= 0.3 is 0 Å². The molecule has 4 aromatic heterocycles. The van der Waals surface area contributed by atoms with Gasteiger partial charge in [-0.25, -0.2) is 0 Å². The molecule has 0 aliphatic carbocycles. The Morgan fingerprint density at radius 1 is 0.967 bits per heavy atom. The molecular weight excluding hydrogens is 486 g/mol. The van der Waals surface area contributed by atoms with E-state index in [1.54, 1.807) is 17.6 Å². The van der Waals surface area contributed by atoms with Gasteiger partial charge in [0.1, 0.15) is 0 Å². The van der Waals surface area contributed by atoms with Crippen molar-refractivity contribution in [2.75, 3.05) is 0 Å². The molecule has 0 amide bonds. The third-order valence-electron chi connectivity index (χ3n) is 4.22. The molecular formula is C20H14BrN5O2S2. The number of rotatable bonds is 7. The molecule has 0 bridgehead atoms. The quantitative estimate of drug-likeness (QED) is 0.263. The fraction of sp³-hybridized carbons (Fsp3) is 0.100. The Morgan fingerprint density at radius 3 is 2.63 bits per heavy atom. The molecule has 0 saturated carbocycles. The predicted molar refractivity (Wildman–Crippen MR) is 118 cm³/mol. The summed E-state index contributed by atoms with van der Waals surface area (Å²) in [5.74, 6) is 2.90. The molecule has 0 atom stereocenters. The topological polar surface area (TPSA) is 82.8 Å². The van der Waals surface area contributed by atoms with Gasteiger partial charge in [-0.1, -0.05) is 42.1 Å². The zero-order valence-electron chi connectivity index (χ0n) is 15.4. The van der Waals surface area contributed by atoms with Gasteiger partial charge in [-0.15, -0.1) is 31.7 Å². The first kappa shape index (κ1) is 19.3. The van der Waals surface area contributed by atoms with Crippen molar-refractivity contribution in [1.82, 2.24) is 25.0 Å². The number of benzene rings is 1. The van der Waals surface area contributed by atoms with Gasteiger partial charge in [0.25, 0.3) is 5.89 Å². The van der Waals surface area contributed by atoms with E-state index in [4.69, 9.17) is 8.83 Å². The molecule has 10 heteroatoms. The van der Waals surface area contributed by atoms with E-state index in [9.17, 15) is 0 Å². The maximum absolute atomic E-state index is 5.81. The van der Waals surface area contributed by atoms with Crippen molar-refractivity contribution in [3.05, 3.63) is 76.1 Å². The van der Waals surface area contributed by atoms with Gasteiger partial charge in [0, 0.05) is 0 Å². The van der Waals surface area contributed by atoms with Gasteiger partial charge in [-0.05, 0) is 45.8 Å². The smallest absolute Gasteiger partial charge is 0.257 e. The van der Waals surface area contributed by atoms with Crippen LogP contribution in [-0.4, -0.2) is 25.0 Å². The molecule has 0 aliphatic heterocycles. The summed E-state index contributed by atoms with van der Waals surface area (Å²) in [6.07, 6.45) is 1.63. The number of thiophene rings is 1. The van der Waals surface area contributed by atoms with Crippen molar-refractivity contribution >= 4 is 39.0 Å². The molecule has 0 saturated heterocycles. The Morgan fingerprint density at radius 2 is 1.87 bits per heavy atom. The molecule has 0 aliphatic rings. The summed E-state index contributed by atoms with van der Waals surface area (Å²) in [5, 5.41) is 17.8. The second kappa shape index (κ2) is 8.58. The fourth-order valence-corrected chi connectivity index (χ4v) is 4.94. The Kier molecular flexibility index (Phi) is 5.52. The average molecular weight is 500 g/mol. The second-order valence-electron chi connectivity index (χ2n) is 6.25. The van der Waals surface area contributed by atoms with Crippen LogP contribution in [0.5, 0.6) is 0 Å². The molecule has 150 valence electrons. The van der Waals surface area contributed by atoms with E-state index in [0.29, 0.717) is 35.7 Å². The van der Waals surface area contributed by atoms with Gasteiger partial charge in [0.2, 0.25) is 11.7 Å². The largest absolute Gasteiger partial charge is 0.461 e. The van der Waals surface area contributed by atoms with Crippen LogP contribution in [0, 0.1) is 0 Å². The van der Waals surface area contributed by atoms with Gasteiger partial charge in [-0.3, -0.25) is 4.57 Å². The van der Waals surface area contributed by atoms with E-state index in [1.807, 2.05) is 47.0 Å². The number of nitrogens with zero attached hydrogens (tertiary/aromatic N) is 5. The zero-order valence-corrected chi connectivity index (χ0v) is 18.7. The molecule has 4 heterocycles. The highest BCUT2D eigenvalue weighted by Crippen LogP contribution is 2.32. The van der Waals surface area contributed by atoms with E-state index in [0.717, 1.165) is 19.4 Å². The minimum absolute atomic E-state index is 0.491. The molecule has 0 fully saturated rings. The monoisotopic (exact) mass is 499 g/mol. The number of hydrogen-bond donors (Lipinski definition) is 0. The molecule has 7 nitrogen and oxygen atoms in total. The van der Waals surface area contributed by atoms with E-state index < -0.39 is 0 Å². The molecule has 0 spiro atoms. The lowest BCUT2D eigenvalue weighted by Crippen LogP contribution is -2.04. The standard InChI is InChI=1S/C20H14BrN5O2S2/c21-16-9-8-15(30-16)19-24-22-17(28-19)12-29-20-25-23-18(14-7-4-10-27-14)26(20)11-13-5-2-1-3-6-13/h1-10H,11-12H2. The highest BCUT2D eigenvalue weighted by molar-refractivity contribution is 9.11. The van der Waals surface area contributed by atoms with Crippen LogP contribution in [-0.2, 0) is 12.3 Å². The predicted octanol–water partition coefficient (Wildman–Crippen LogP) is 5.75. The molecule has 30 heavy (non-hydrogen) atoms. The number of thioether (sulfide) groups is 1. The molecule has 0 radical (unpaired) electrons. The minimum atomic E-state index is 0.491. The maximum atomic E-state index is 5.81. The van der Waals surface area contributed by atoms with Crippen molar-refractivity contribution in [3.8, 4) is 22.4 Å². The van der Waals surface area contributed by atoms with Gasteiger partial charge < -0.3 is 8.83 Å². The Labute approximate surface area is 188 Å². The van der Waals surface area contributed by atoms with Crippen LogP contribution in [0.2, 0.25) is 0 Å². The van der Waals surface area contributed by atoms with Crippen LogP contribution < -0.4 is 0 Å². The minimum Gasteiger partial charge on any atom is -0.461 e. The maximum Gasteiger partial charge on any atom is 0.257 e. The van der Waals surface area contributed by atoms with Crippen molar-refractivity contribution in [3.63, 3.8) is 0 Å². The van der Waals surface area contributed by atoms with Crippen LogP contribution in [0.4, 0.5) is 0 Å². The third kappa shape index (κ3) is 4.11. The SMILES string of the molecule is Brc1ccc(-c2nnc(CSc3nnc(-c4ccco4)n3Cc3ccccc3)o2)s1. The lowest BCUT2D eigenvalue weighted by molar-refractivity contribution is 0.529. The zero-order chi connectivity index (χ0) is 20.3. The number of halogens is 1. The Balaban J connectivity index is 1.38. The van der Waals surface area contributed by atoms with Crippen molar-refractivity contribution < 1.29 is 8.83 Å². The number of hydrogen-bond acceptors (Lipinski definition) is 8. The summed E-state index contributed by atoms with van der Waals surface area (Å²) in [6.45, 7) is 0.629. The summed E-state index contributed by atoms with van der Waals surface area (Å²) >= 11 is 6.50. The summed E-state index contributed by atoms with van der Waals surface area (Å²) in [6, 6.07) is 17.8. The normalized spacial score (nSPS) is 11.2. The highest BCUT2D eigenvalue weighted by atomic mass is 79.9. The van der Waals surface area contributed by atoms with E-state index in [2.05, 4.69) is 48.5 Å². The molecule has 1 aromatic carbocycles. The van der Waals surface area contributed by atoms with Crippen LogP contribution in [0.3, 0.4) is 0 Å². The summed E-state index contributed by atoms with van der Waals surface area (Å²) in [4.78, 5) is 0.929. The first-order valence-electron chi connectivity index (χ1n) is 8.98. The van der Waals surface area contributed by atoms with Crippen molar-refractivity contribution in [2.24, 2.45) is 0 Å². The lowest BCUT2D eigenvalue weighted by atomic mass is 10.2. The van der Waals surface area contributed by atoms with Gasteiger partial charge in [-0.2, -0.15) is 0 Å². The summed E-state index contributed by atoms with van der Waals surface area (Å²) < 4.78 is 14.4. The Bertz CT molecular complexity index is 1250. The first-order valence-corrected chi connectivity index (χ1v) is 11.6. The van der Waals surface area contributed by atoms with E-state index >= 15 is 0 Å². The van der Waals surface area contributed by atoms with Crippen molar-refractivity contribution in [2.45, 2.75) is 17.5 Å². The second-order valence-corrected chi connectivity index (χ2v) is 9.65. The first-order chi connectivity index (χ1) is 14.8. The van der Waals surface area contributed by atoms with E-state index in [-0.39, 0.29) is 0 Å². The number of aromatic nitrogens is 5. The van der Waals surface area contributed by atoms with Gasteiger partial charge in [0.15, 0.2) is 10.9 Å². The summed E-state index contributed by atoms with van der Waals surface area (Å²) in [5.41, 5.74) is 1.15. The lowest BCUT2D eigenvalue weighted by Gasteiger charge is -2.08. The molecule has 5 rings (SSSR count). The van der Waals surface area contributed by atoms with Crippen LogP contribution >= 0.6 is 39.0 Å². The van der Waals surface area contributed by atoms with Crippen LogP contribution in [0.1, 0.15) is 11.5 Å². The average Bonchev–Trinajstić information content (AvgIpc) is 3.55. The molecule has 0 unspecified atom stereocenters. The third-order valence-corrected chi connectivity index (χ3v) is 6.78. The van der Waals surface area contributed by atoms with E-state index in [1.165, 1.54) is 11.8 Å². The Hall–Kier alpha value is -2.69.